The molecule has 0 atom stereocenters. The Morgan fingerprint density at radius 3 is 2.14 bits per heavy atom. The number of sulfonamides is 1. The molecular weight excluding hydrogens is 402 g/mol. The summed E-state index contributed by atoms with van der Waals surface area (Å²) in [6, 6.07) is 15.6. The number of methoxy groups -OCH3 is 1. The lowest BCUT2D eigenvalue weighted by Gasteiger charge is -2.10. The summed E-state index contributed by atoms with van der Waals surface area (Å²) in [7, 11) is -0.528. The predicted octanol–water partition coefficient (Wildman–Crippen LogP) is 3.30. The van der Waals surface area contributed by atoms with E-state index in [2.05, 4.69) is 25.3 Å². The summed E-state index contributed by atoms with van der Waals surface area (Å²) in [5.74, 6) is 1.89. The number of nitrogens with one attached hydrogen (secondary N) is 3. The Morgan fingerprint density at radius 1 is 0.893 bits per heavy atom. The van der Waals surface area contributed by atoms with Gasteiger partial charge in [-0.25, -0.2) is 23.1 Å². The van der Waals surface area contributed by atoms with Crippen LogP contribution in [0.4, 0.5) is 23.0 Å². The number of anilines is 4. The van der Waals surface area contributed by atoms with E-state index in [-0.39, 0.29) is 17.3 Å². The molecule has 0 saturated heterocycles. The van der Waals surface area contributed by atoms with E-state index in [9.17, 15) is 8.42 Å². The van der Waals surface area contributed by atoms with E-state index >= 15 is 0 Å². The van der Waals surface area contributed by atoms with E-state index in [0.717, 1.165) is 11.4 Å². The van der Waals surface area contributed by atoms with Crippen LogP contribution in [-0.4, -0.2) is 32.5 Å². The van der Waals surface area contributed by atoms with Crippen LogP contribution in [0.25, 0.3) is 0 Å². The molecule has 148 valence electrons. The molecule has 3 N–H and O–H groups in total. The molecule has 0 unspecified atom stereocenters. The Morgan fingerprint density at radius 2 is 1.54 bits per heavy atom. The van der Waals surface area contributed by atoms with Crippen molar-refractivity contribution in [2.24, 2.45) is 0 Å². The molecule has 3 rings (SSSR count). The Kier molecular flexibility index (Phi) is 7.16. The lowest BCUT2D eigenvalue weighted by atomic mass is 10.3. The molecule has 0 saturated carbocycles. The monoisotopic (exact) mass is 421 g/mol. The van der Waals surface area contributed by atoms with Gasteiger partial charge in [-0.3, -0.25) is 0 Å². The number of rotatable bonds is 7. The highest BCUT2D eigenvalue weighted by molar-refractivity contribution is 7.89. The molecule has 0 radical (unpaired) electrons. The molecule has 0 bridgehead atoms. The van der Waals surface area contributed by atoms with Crippen LogP contribution >= 0.6 is 12.4 Å². The molecule has 2 aromatic carbocycles. The summed E-state index contributed by atoms with van der Waals surface area (Å²) in [5.41, 5.74) is 1.45. The molecule has 28 heavy (non-hydrogen) atoms. The number of nitrogens with zero attached hydrogens (tertiary/aromatic N) is 2. The Hall–Kier alpha value is -2.88. The lowest BCUT2D eigenvalue weighted by molar-refractivity contribution is 0.415. The molecule has 0 aliphatic carbocycles. The maximum absolute atomic E-state index is 11.9. The van der Waals surface area contributed by atoms with Gasteiger partial charge in [0.1, 0.15) is 23.7 Å². The number of aromatic nitrogens is 2. The molecular formula is C18H20ClN5O3S. The average Bonchev–Trinajstić information content (AvgIpc) is 2.69. The second-order valence-electron chi connectivity index (χ2n) is 5.50. The normalized spacial score (nSPS) is 10.6. The van der Waals surface area contributed by atoms with Gasteiger partial charge in [0.25, 0.3) is 0 Å². The van der Waals surface area contributed by atoms with Crippen LogP contribution in [0.1, 0.15) is 0 Å². The maximum atomic E-state index is 11.9. The van der Waals surface area contributed by atoms with Gasteiger partial charge < -0.3 is 15.4 Å². The first kappa shape index (κ1) is 21.4. The van der Waals surface area contributed by atoms with Gasteiger partial charge in [-0.15, -0.1) is 12.4 Å². The molecule has 1 aromatic heterocycles. The minimum Gasteiger partial charge on any atom is -0.497 e. The van der Waals surface area contributed by atoms with Crippen LogP contribution in [0.15, 0.2) is 65.8 Å². The van der Waals surface area contributed by atoms with Gasteiger partial charge in [0, 0.05) is 17.4 Å². The van der Waals surface area contributed by atoms with Crippen molar-refractivity contribution in [3.8, 4) is 5.75 Å². The van der Waals surface area contributed by atoms with Crippen molar-refractivity contribution in [2.75, 3.05) is 24.8 Å². The largest absolute Gasteiger partial charge is 0.497 e. The molecule has 0 amide bonds. The van der Waals surface area contributed by atoms with Crippen LogP contribution in [0.2, 0.25) is 0 Å². The van der Waals surface area contributed by atoms with Gasteiger partial charge in [0.15, 0.2) is 0 Å². The third-order valence-electron chi connectivity index (χ3n) is 3.71. The van der Waals surface area contributed by atoms with E-state index in [1.807, 2.05) is 24.3 Å². The number of hydrogen-bond donors (Lipinski definition) is 3. The summed E-state index contributed by atoms with van der Waals surface area (Å²) in [6.45, 7) is 0. The van der Waals surface area contributed by atoms with Crippen molar-refractivity contribution >= 4 is 45.4 Å². The van der Waals surface area contributed by atoms with Crippen molar-refractivity contribution in [1.29, 1.82) is 0 Å². The number of halogens is 1. The molecule has 0 spiro atoms. The topological polar surface area (TPSA) is 105 Å². The van der Waals surface area contributed by atoms with Gasteiger partial charge in [0.2, 0.25) is 10.0 Å². The third-order valence-corrected chi connectivity index (χ3v) is 5.13. The van der Waals surface area contributed by atoms with Crippen molar-refractivity contribution in [1.82, 2.24) is 14.7 Å². The molecule has 3 aromatic rings. The molecule has 0 fully saturated rings. The number of benzene rings is 2. The van der Waals surface area contributed by atoms with Crippen LogP contribution in [0, 0.1) is 0 Å². The summed E-state index contributed by atoms with van der Waals surface area (Å²) >= 11 is 0. The van der Waals surface area contributed by atoms with E-state index in [1.165, 1.54) is 25.5 Å². The first-order valence-electron chi connectivity index (χ1n) is 8.04. The van der Waals surface area contributed by atoms with E-state index in [4.69, 9.17) is 4.74 Å². The molecule has 0 aliphatic rings. The van der Waals surface area contributed by atoms with E-state index in [1.54, 1.807) is 25.3 Å². The summed E-state index contributed by atoms with van der Waals surface area (Å²) < 4.78 is 31.3. The molecule has 1 heterocycles. The Bertz CT molecular complexity index is 1030. The van der Waals surface area contributed by atoms with E-state index in [0.29, 0.717) is 17.3 Å². The quantitative estimate of drug-likeness (QED) is 0.537. The van der Waals surface area contributed by atoms with Gasteiger partial charge in [-0.1, -0.05) is 6.07 Å². The Labute approximate surface area is 169 Å². The molecule has 0 aliphatic heterocycles. The summed E-state index contributed by atoms with van der Waals surface area (Å²) in [4.78, 5) is 8.53. The predicted molar refractivity (Wildman–Crippen MR) is 112 cm³/mol. The number of ether oxygens (including phenoxy) is 1. The van der Waals surface area contributed by atoms with Gasteiger partial charge in [0.05, 0.1) is 12.0 Å². The van der Waals surface area contributed by atoms with Gasteiger partial charge in [-0.2, -0.15) is 0 Å². The fourth-order valence-corrected chi connectivity index (χ4v) is 3.10. The highest BCUT2D eigenvalue weighted by Crippen LogP contribution is 2.22. The highest BCUT2D eigenvalue weighted by Gasteiger charge is 2.11. The van der Waals surface area contributed by atoms with Gasteiger partial charge in [-0.05, 0) is 49.5 Å². The fraction of sp³-hybridized carbons (Fsp3) is 0.111. The standard InChI is InChI=1S/C18H19N5O3S.ClH/c1-19-27(24,25)16-5-3-4-14(10-16)23-18-11-17(20-12-21-18)22-13-6-8-15(26-2)9-7-13;/h3-12,19H,1-2H3,(H2,20,21,22,23);1H. The second-order valence-corrected chi connectivity index (χ2v) is 7.39. The van der Waals surface area contributed by atoms with Crippen molar-refractivity contribution in [3.63, 3.8) is 0 Å². The van der Waals surface area contributed by atoms with Crippen LogP contribution < -0.4 is 20.1 Å². The Balaban J connectivity index is 0.00000280. The first-order chi connectivity index (χ1) is 13.0. The van der Waals surface area contributed by atoms with Crippen LogP contribution in [0.5, 0.6) is 5.75 Å². The summed E-state index contributed by atoms with van der Waals surface area (Å²) in [5, 5.41) is 6.26. The second kappa shape index (κ2) is 9.36. The highest BCUT2D eigenvalue weighted by atomic mass is 35.5. The molecule has 8 nitrogen and oxygen atoms in total. The SMILES string of the molecule is CNS(=O)(=O)c1cccc(Nc2cc(Nc3ccc(OC)cc3)ncn2)c1.Cl. The molecule has 10 heteroatoms. The smallest absolute Gasteiger partial charge is 0.240 e. The zero-order valence-electron chi connectivity index (χ0n) is 15.2. The zero-order valence-corrected chi connectivity index (χ0v) is 16.8. The average molecular weight is 422 g/mol. The zero-order chi connectivity index (χ0) is 19.3. The number of hydrogen-bond acceptors (Lipinski definition) is 7. The van der Waals surface area contributed by atoms with Crippen molar-refractivity contribution < 1.29 is 13.2 Å². The maximum Gasteiger partial charge on any atom is 0.240 e. The van der Waals surface area contributed by atoms with Gasteiger partial charge >= 0.3 is 0 Å². The third kappa shape index (κ3) is 5.32. The lowest BCUT2D eigenvalue weighted by Crippen LogP contribution is -2.18. The fourth-order valence-electron chi connectivity index (χ4n) is 2.32. The van der Waals surface area contributed by atoms with E-state index < -0.39 is 10.0 Å². The minimum absolute atomic E-state index is 0. The van der Waals surface area contributed by atoms with Crippen LogP contribution in [-0.2, 0) is 10.0 Å². The van der Waals surface area contributed by atoms with Crippen molar-refractivity contribution in [3.05, 3.63) is 60.9 Å². The minimum atomic E-state index is -3.51. The van der Waals surface area contributed by atoms with Crippen LogP contribution in [0.3, 0.4) is 0 Å². The van der Waals surface area contributed by atoms with Crippen molar-refractivity contribution in [2.45, 2.75) is 4.90 Å². The summed E-state index contributed by atoms with van der Waals surface area (Å²) in [6.07, 6.45) is 1.42. The first-order valence-corrected chi connectivity index (χ1v) is 9.52.